The molecular formula is C27H30BrN3O3. The van der Waals surface area contributed by atoms with E-state index in [1.807, 2.05) is 66.7 Å². The Kier molecular flexibility index (Phi) is 8.85. The lowest BCUT2D eigenvalue weighted by Gasteiger charge is -2.19. The van der Waals surface area contributed by atoms with E-state index in [9.17, 15) is 9.59 Å². The van der Waals surface area contributed by atoms with Crippen molar-refractivity contribution in [2.24, 2.45) is 0 Å². The van der Waals surface area contributed by atoms with E-state index in [4.69, 9.17) is 4.74 Å². The Morgan fingerprint density at radius 1 is 0.824 bits per heavy atom. The van der Waals surface area contributed by atoms with Gasteiger partial charge < -0.3 is 20.7 Å². The van der Waals surface area contributed by atoms with E-state index in [0.29, 0.717) is 18.0 Å². The zero-order valence-electron chi connectivity index (χ0n) is 19.7. The summed E-state index contributed by atoms with van der Waals surface area (Å²) in [4.78, 5) is 24.5. The first kappa shape index (κ1) is 25.5. The Labute approximate surface area is 209 Å². The number of benzene rings is 3. The van der Waals surface area contributed by atoms with E-state index in [1.165, 1.54) is 5.56 Å². The Bertz CT molecular complexity index is 1110. The minimum atomic E-state index is -0.248. The zero-order valence-corrected chi connectivity index (χ0v) is 21.2. The molecule has 0 saturated carbocycles. The summed E-state index contributed by atoms with van der Waals surface area (Å²) in [5.41, 5.74) is 3.61. The summed E-state index contributed by atoms with van der Waals surface area (Å²) < 4.78 is 6.66. The molecule has 0 radical (unpaired) electrons. The molecule has 0 unspecified atom stereocenters. The van der Waals surface area contributed by atoms with E-state index < -0.39 is 0 Å². The molecule has 0 aromatic heterocycles. The molecule has 2 amide bonds. The van der Waals surface area contributed by atoms with Crippen LogP contribution in [0.4, 0.5) is 11.4 Å². The number of halogens is 1. The monoisotopic (exact) mass is 523 g/mol. The van der Waals surface area contributed by atoms with Crippen LogP contribution in [0.15, 0.2) is 77.3 Å². The number of ether oxygens (including phenoxy) is 1. The minimum Gasteiger partial charge on any atom is -0.483 e. The molecule has 3 N–H and O–H groups in total. The number of para-hydroxylation sites is 1. The van der Waals surface area contributed by atoms with Crippen molar-refractivity contribution in [1.29, 1.82) is 0 Å². The maximum absolute atomic E-state index is 12.3. The number of anilines is 2. The van der Waals surface area contributed by atoms with Crippen LogP contribution in [0.3, 0.4) is 0 Å². The molecule has 34 heavy (non-hydrogen) atoms. The van der Waals surface area contributed by atoms with Crippen LogP contribution in [0.5, 0.6) is 5.75 Å². The lowest BCUT2D eigenvalue weighted by Crippen LogP contribution is -2.28. The molecule has 0 saturated heterocycles. The van der Waals surface area contributed by atoms with Crippen molar-refractivity contribution in [2.45, 2.75) is 32.7 Å². The molecule has 0 aliphatic heterocycles. The van der Waals surface area contributed by atoms with Crippen molar-refractivity contribution >= 4 is 39.1 Å². The maximum atomic E-state index is 12.3. The predicted molar refractivity (Wildman–Crippen MR) is 140 cm³/mol. The first-order valence-electron chi connectivity index (χ1n) is 11.1. The number of rotatable bonds is 9. The van der Waals surface area contributed by atoms with Crippen LogP contribution in [0.2, 0.25) is 0 Å². The van der Waals surface area contributed by atoms with Crippen molar-refractivity contribution in [3.05, 3.63) is 88.4 Å². The first-order chi connectivity index (χ1) is 16.2. The van der Waals surface area contributed by atoms with Crippen molar-refractivity contribution < 1.29 is 14.3 Å². The summed E-state index contributed by atoms with van der Waals surface area (Å²) in [6.07, 6.45) is 0. The Morgan fingerprint density at radius 2 is 1.41 bits per heavy atom. The van der Waals surface area contributed by atoms with Gasteiger partial charge in [0.05, 0.1) is 6.54 Å². The van der Waals surface area contributed by atoms with Gasteiger partial charge in [0.15, 0.2) is 6.61 Å². The zero-order chi connectivity index (χ0) is 24.6. The second-order valence-electron chi connectivity index (χ2n) is 8.93. The summed E-state index contributed by atoms with van der Waals surface area (Å²) >= 11 is 3.37. The van der Waals surface area contributed by atoms with Gasteiger partial charge >= 0.3 is 0 Å². The van der Waals surface area contributed by atoms with Crippen molar-refractivity contribution in [3.63, 3.8) is 0 Å². The SMILES string of the molecule is CC(C)(C)c1ccc(NC(=O)CNCc2ccccc2OCC(=O)Nc2ccc(Br)cc2)cc1. The summed E-state index contributed by atoms with van der Waals surface area (Å²) in [6, 6.07) is 22.7. The fraction of sp³-hybridized carbons (Fsp3) is 0.259. The Morgan fingerprint density at radius 3 is 2.06 bits per heavy atom. The molecule has 0 spiro atoms. The highest BCUT2D eigenvalue weighted by atomic mass is 79.9. The van der Waals surface area contributed by atoms with Gasteiger partial charge in [0.1, 0.15) is 5.75 Å². The summed E-state index contributed by atoms with van der Waals surface area (Å²) in [5.74, 6) is 0.219. The van der Waals surface area contributed by atoms with Gasteiger partial charge in [-0.25, -0.2) is 0 Å². The second kappa shape index (κ2) is 11.8. The van der Waals surface area contributed by atoms with Gasteiger partial charge in [-0.2, -0.15) is 0 Å². The van der Waals surface area contributed by atoms with E-state index >= 15 is 0 Å². The van der Waals surface area contributed by atoms with Gasteiger partial charge in [0.2, 0.25) is 5.91 Å². The predicted octanol–water partition coefficient (Wildman–Crippen LogP) is 5.49. The molecular weight excluding hydrogens is 494 g/mol. The average Bonchev–Trinajstić information content (AvgIpc) is 2.80. The number of carbonyl (C=O) groups is 2. The van der Waals surface area contributed by atoms with E-state index in [-0.39, 0.29) is 30.4 Å². The van der Waals surface area contributed by atoms with Crippen molar-refractivity contribution in [3.8, 4) is 5.75 Å². The Hall–Kier alpha value is -3.16. The third-order valence-electron chi connectivity index (χ3n) is 5.10. The number of nitrogens with one attached hydrogen (secondary N) is 3. The van der Waals surface area contributed by atoms with Crippen LogP contribution < -0.4 is 20.7 Å². The van der Waals surface area contributed by atoms with Crippen LogP contribution in [0, 0.1) is 0 Å². The fourth-order valence-corrected chi connectivity index (χ4v) is 3.50. The second-order valence-corrected chi connectivity index (χ2v) is 9.85. The third kappa shape index (κ3) is 8.01. The molecule has 7 heteroatoms. The summed E-state index contributed by atoms with van der Waals surface area (Å²) in [7, 11) is 0. The highest BCUT2D eigenvalue weighted by molar-refractivity contribution is 9.10. The van der Waals surface area contributed by atoms with Gasteiger partial charge in [-0.3, -0.25) is 9.59 Å². The molecule has 0 heterocycles. The number of amides is 2. The van der Waals surface area contributed by atoms with Gasteiger partial charge in [0.25, 0.3) is 5.91 Å². The lowest BCUT2D eigenvalue weighted by atomic mass is 9.87. The molecule has 0 aliphatic rings. The molecule has 3 rings (SSSR count). The first-order valence-corrected chi connectivity index (χ1v) is 11.9. The quantitative estimate of drug-likeness (QED) is 0.346. The van der Waals surface area contributed by atoms with E-state index in [1.54, 1.807) is 6.07 Å². The van der Waals surface area contributed by atoms with Gasteiger partial charge in [-0.05, 0) is 53.4 Å². The summed E-state index contributed by atoms with van der Waals surface area (Å²) in [5, 5.41) is 8.83. The molecule has 6 nitrogen and oxygen atoms in total. The van der Waals surface area contributed by atoms with Crippen LogP contribution in [0.25, 0.3) is 0 Å². The van der Waals surface area contributed by atoms with Crippen LogP contribution in [0.1, 0.15) is 31.9 Å². The molecule has 0 aliphatic carbocycles. The van der Waals surface area contributed by atoms with Gasteiger partial charge in [0, 0.05) is 28.0 Å². The van der Waals surface area contributed by atoms with Crippen LogP contribution in [-0.4, -0.2) is 25.0 Å². The maximum Gasteiger partial charge on any atom is 0.262 e. The fourth-order valence-electron chi connectivity index (χ4n) is 3.23. The average molecular weight is 524 g/mol. The molecule has 0 fully saturated rings. The number of hydrogen-bond acceptors (Lipinski definition) is 4. The molecule has 3 aromatic carbocycles. The number of carbonyl (C=O) groups excluding carboxylic acids is 2. The van der Waals surface area contributed by atoms with Crippen LogP contribution >= 0.6 is 15.9 Å². The molecule has 3 aromatic rings. The minimum absolute atomic E-state index is 0.0686. The molecule has 0 bridgehead atoms. The van der Waals surface area contributed by atoms with Crippen molar-refractivity contribution in [1.82, 2.24) is 5.32 Å². The smallest absolute Gasteiger partial charge is 0.262 e. The van der Waals surface area contributed by atoms with Gasteiger partial charge in [-0.1, -0.05) is 67.0 Å². The van der Waals surface area contributed by atoms with Crippen LogP contribution in [-0.2, 0) is 21.5 Å². The molecule has 178 valence electrons. The van der Waals surface area contributed by atoms with E-state index in [2.05, 4.69) is 52.7 Å². The standard InChI is InChI=1S/C27H30BrN3O3/c1-27(2,3)20-8-12-22(13-9-20)30-25(32)17-29-16-19-6-4-5-7-24(19)34-18-26(33)31-23-14-10-21(28)11-15-23/h4-15,29H,16-18H2,1-3H3,(H,30,32)(H,31,33). The topological polar surface area (TPSA) is 79.5 Å². The summed E-state index contributed by atoms with van der Waals surface area (Å²) in [6.45, 7) is 6.93. The highest BCUT2D eigenvalue weighted by Crippen LogP contribution is 2.23. The number of hydrogen-bond donors (Lipinski definition) is 3. The lowest BCUT2D eigenvalue weighted by molar-refractivity contribution is -0.118. The van der Waals surface area contributed by atoms with Gasteiger partial charge in [-0.15, -0.1) is 0 Å². The third-order valence-corrected chi connectivity index (χ3v) is 5.62. The van der Waals surface area contributed by atoms with Crippen molar-refractivity contribution in [2.75, 3.05) is 23.8 Å². The largest absolute Gasteiger partial charge is 0.483 e. The molecule has 0 atom stereocenters. The Balaban J connectivity index is 1.45. The normalized spacial score (nSPS) is 11.1. The van der Waals surface area contributed by atoms with E-state index in [0.717, 1.165) is 15.7 Å². The highest BCUT2D eigenvalue weighted by Gasteiger charge is 2.13.